The lowest BCUT2D eigenvalue weighted by atomic mass is 10.0. The molecule has 0 amide bonds. The average molecular weight is 403 g/mol. The zero-order valence-electron chi connectivity index (χ0n) is 16.4. The van der Waals surface area contributed by atoms with Crippen LogP contribution in [0.15, 0.2) is 24.3 Å². The van der Waals surface area contributed by atoms with Crippen molar-refractivity contribution in [3.8, 4) is 5.75 Å². The van der Waals surface area contributed by atoms with Crippen molar-refractivity contribution in [1.29, 1.82) is 0 Å². The molecule has 0 spiro atoms. The first-order valence-electron chi connectivity index (χ1n) is 9.83. The predicted octanol–water partition coefficient (Wildman–Crippen LogP) is 3.89. The second-order valence-corrected chi connectivity index (χ2v) is 8.09. The van der Waals surface area contributed by atoms with E-state index in [0.29, 0.717) is 19.8 Å². The lowest BCUT2D eigenvalue weighted by Gasteiger charge is -2.08. The number of ether oxygens (including phenoxy) is 3. The predicted molar refractivity (Wildman–Crippen MR) is 107 cm³/mol. The maximum atomic E-state index is 10.5. The topological polar surface area (TPSA) is 82.1 Å². The average Bonchev–Trinajstić information content (AvgIpc) is 2.63. The van der Waals surface area contributed by atoms with E-state index in [2.05, 4.69) is 19.1 Å². The molecule has 0 heterocycles. The van der Waals surface area contributed by atoms with Gasteiger partial charge < -0.3 is 14.2 Å². The van der Waals surface area contributed by atoms with Crippen LogP contribution in [-0.4, -0.2) is 51.8 Å². The molecule has 0 radical (unpaired) electrons. The van der Waals surface area contributed by atoms with Gasteiger partial charge in [-0.15, -0.1) is 0 Å². The SMILES string of the molecule is CCCCCCCCc1ccc(OCCOCCOCCS(=O)(=O)O)cc1. The van der Waals surface area contributed by atoms with Gasteiger partial charge in [0, 0.05) is 0 Å². The number of aryl methyl sites for hydroxylation is 1. The van der Waals surface area contributed by atoms with E-state index in [4.69, 9.17) is 18.8 Å². The Hall–Kier alpha value is -1.15. The third-order valence-corrected chi connectivity index (χ3v) is 4.78. The summed E-state index contributed by atoms with van der Waals surface area (Å²) in [7, 11) is -3.96. The summed E-state index contributed by atoms with van der Waals surface area (Å²) in [4.78, 5) is 0. The number of hydrogen-bond acceptors (Lipinski definition) is 5. The molecule has 0 aliphatic heterocycles. The molecule has 1 aromatic carbocycles. The lowest BCUT2D eigenvalue weighted by molar-refractivity contribution is 0.0407. The van der Waals surface area contributed by atoms with Crippen LogP contribution in [0.1, 0.15) is 51.0 Å². The van der Waals surface area contributed by atoms with Crippen LogP contribution >= 0.6 is 0 Å². The first-order valence-corrected chi connectivity index (χ1v) is 11.4. The first-order chi connectivity index (χ1) is 13.0. The molecule has 27 heavy (non-hydrogen) atoms. The van der Waals surface area contributed by atoms with Crippen molar-refractivity contribution in [3.63, 3.8) is 0 Å². The molecule has 1 N–H and O–H groups in total. The van der Waals surface area contributed by atoms with Crippen LogP contribution in [0.25, 0.3) is 0 Å². The molecule has 0 saturated heterocycles. The summed E-state index contributed by atoms with van der Waals surface area (Å²) in [6, 6.07) is 8.21. The van der Waals surface area contributed by atoms with Crippen LogP contribution in [0.4, 0.5) is 0 Å². The molecule has 7 heteroatoms. The van der Waals surface area contributed by atoms with Crippen LogP contribution in [-0.2, 0) is 26.0 Å². The molecule has 0 saturated carbocycles. The molecule has 6 nitrogen and oxygen atoms in total. The smallest absolute Gasteiger partial charge is 0.267 e. The number of hydrogen-bond donors (Lipinski definition) is 1. The fraction of sp³-hybridized carbons (Fsp3) is 0.700. The molecule has 0 aliphatic rings. The van der Waals surface area contributed by atoms with Crippen molar-refractivity contribution in [3.05, 3.63) is 29.8 Å². The van der Waals surface area contributed by atoms with Crippen molar-refractivity contribution in [1.82, 2.24) is 0 Å². The third-order valence-electron chi connectivity index (χ3n) is 4.10. The Kier molecular flexibility index (Phi) is 13.1. The van der Waals surface area contributed by atoms with Gasteiger partial charge >= 0.3 is 0 Å². The van der Waals surface area contributed by atoms with Gasteiger partial charge in [0.2, 0.25) is 0 Å². The quantitative estimate of drug-likeness (QED) is 0.314. The summed E-state index contributed by atoms with van der Waals surface area (Å²) in [6.07, 6.45) is 8.98. The molecule has 0 fully saturated rings. The molecule has 0 unspecified atom stereocenters. The Morgan fingerprint density at radius 2 is 1.41 bits per heavy atom. The van der Waals surface area contributed by atoms with E-state index in [9.17, 15) is 8.42 Å². The van der Waals surface area contributed by atoms with Crippen molar-refractivity contribution in [2.75, 3.05) is 38.8 Å². The maximum Gasteiger partial charge on any atom is 0.267 e. The highest BCUT2D eigenvalue weighted by Crippen LogP contribution is 2.15. The van der Waals surface area contributed by atoms with E-state index in [1.54, 1.807) is 0 Å². The molecule has 0 atom stereocenters. The Morgan fingerprint density at radius 3 is 2.07 bits per heavy atom. The zero-order valence-corrected chi connectivity index (χ0v) is 17.2. The summed E-state index contributed by atoms with van der Waals surface area (Å²) in [5.74, 6) is 0.431. The van der Waals surface area contributed by atoms with Gasteiger partial charge in [0.25, 0.3) is 10.1 Å². The highest BCUT2D eigenvalue weighted by molar-refractivity contribution is 7.85. The van der Waals surface area contributed by atoms with Gasteiger partial charge in [-0.25, -0.2) is 0 Å². The Bertz CT molecular complexity index is 571. The molecule has 0 bridgehead atoms. The van der Waals surface area contributed by atoms with Gasteiger partial charge in [0.05, 0.1) is 32.2 Å². The van der Waals surface area contributed by atoms with Crippen LogP contribution in [0, 0.1) is 0 Å². The van der Waals surface area contributed by atoms with Crippen molar-refractivity contribution < 1.29 is 27.2 Å². The molecular formula is C20H34O6S. The van der Waals surface area contributed by atoms with Gasteiger partial charge in [0.15, 0.2) is 0 Å². The van der Waals surface area contributed by atoms with Crippen molar-refractivity contribution in [2.24, 2.45) is 0 Å². The Morgan fingerprint density at radius 1 is 0.815 bits per heavy atom. The Labute approximate surface area is 164 Å². The van der Waals surface area contributed by atoms with Crippen molar-refractivity contribution >= 4 is 10.1 Å². The van der Waals surface area contributed by atoms with Gasteiger partial charge in [-0.3, -0.25) is 4.55 Å². The standard InChI is InChI=1S/C20H34O6S/c1-2-3-4-5-6-7-8-19-9-11-20(12-10-19)26-16-15-24-13-14-25-17-18-27(21,22)23/h9-12H,2-8,13-18H2,1H3,(H,21,22,23). The summed E-state index contributed by atoms with van der Waals surface area (Å²) in [6.45, 7) is 3.71. The fourth-order valence-corrected chi connectivity index (χ4v) is 2.89. The van der Waals surface area contributed by atoms with Gasteiger partial charge in [0.1, 0.15) is 12.4 Å². The minimum Gasteiger partial charge on any atom is -0.491 e. The maximum absolute atomic E-state index is 10.5. The van der Waals surface area contributed by atoms with Crippen LogP contribution in [0.2, 0.25) is 0 Å². The van der Waals surface area contributed by atoms with Gasteiger partial charge in [-0.1, -0.05) is 51.2 Å². The van der Waals surface area contributed by atoms with E-state index >= 15 is 0 Å². The number of rotatable bonds is 17. The summed E-state index contributed by atoms with van der Waals surface area (Å²) < 4.78 is 45.5. The molecular weight excluding hydrogens is 368 g/mol. The van der Waals surface area contributed by atoms with Gasteiger partial charge in [-0.05, 0) is 30.5 Å². The van der Waals surface area contributed by atoms with E-state index in [-0.39, 0.29) is 13.2 Å². The van der Waals surface area contributed by atoms with Crippen LogP contribution in [0.5, 0.6) is 5.75 Å². The monoisotopic (exact) mass is 402 g/mol. The highest BCUT2D eigenvalue weighted by Gasteiger charge is 2.03. The first kappa shape index (κ1) is 23.9. The normalized spacial score (nSPS) is 11.6. The summed E-state index contributed by atoms with van der Waals surface area (Å²) in [5.41, 5.74) is 1.34. The molecule has 1 aromatic rings. The van der Waals surface area contributed by atoms with E-state index < -0.39 is 15.9 Å². The highest BCUT2D eigenvalue weighted by atomic mass is 32.2. The lowest BCUT2D eigenvalue weighted by Crippen LogP contribution is -2.14. The molecule has 1 rings (SSSR count). The summed E-state index contributed by atoms with van der Waals surface area (Å²) in [5, 5.41) is 0. The molecule has 0 aliphatic carbocycles. The second-order valence-electron chi connectivity index (χ2n) is 6.52. The number of unbranched alkanes of at least 4 members (excludes halogenated alkanes) is 5. The van der Waals surface area contributed by atoms with E-state index in [1.165, 1.54) is 44.1 Å². The second kappa shape index (κ2) is 14.9. The van der Waals surface area contributed by atoms with Crippen LogP contribution < -0.4 is 4.74 Å². The van der Waals surface area contributed by atoms with E-state index in [1.807, 2.05) is 12.1 Å². The van der Waals surface area contributed by atoms with Gasteiger partial charge in [-0.2, -0.15) is 8.42 Å². The largest absolute Gasteiger partial charge is 0.491 e. The van der Waals surface area contributed by atoms with Crippen molar-refractivity contribution in [2.45, 2.75) is 51.9 Å². The van der Waals surface area contributed by atoms with Crippen LogP contribution in [0.3, 0.4) is 0 Å². The fourth-order valence-electron chi connectivity index (χ4n) is 2.57. The third kappa shape index (κ3) is 14.6. The molecule has 0 aromatic heterocycles. The van der Waals surface area contributed by atoms with E-state index in [0.717, 1.165) is 12.2 Å². The molecule has 156 valence electrons. The minimum absolute atomic E-state index is 0.0379. The Balaban J connectivity index is 1.99. The zero-order chi connectivity index (χ0) is 19.8. The number of benzene rings is 1. The summed E-state index contributed by atoms with van der Waals surface area (Å²) >= 11 is 0. The minimum atomic E-state index is -3.96.